The molecule has 2 heterocycles. The van der Waals surface area contributed by atoms with E-state index in [1.165, 1.54) is 24.4 Å². The fraction of sp³-hybridized carbons (Fsp3) is 0.133. The molecule has 0 radical (unpaired) electrons. The highest BCUT2D eigenvalue weighted by atomic mass is 79.9. The third-order valence-corrected chi connectivity index (χ3v) is 3.85. The topological polar surface area (TPSA) is 26.5 Å². The summed E-state index contributed by atoms with van der Waals surface area (Å²) in [4.78, 5) is 3.46. The maximum atomic E-state index is 13.0. The van der Waals surface area contributed by atoms with Crippen molar-refractivity contribution in [2.24, 2.45) is 0 Å². The van der Waals surface area contributed by atoms with Gasteiger partial charge in [0.2, 0.25) is 5.82 Å². The van der Waals surface area contributed by atoms with Gasteiger partial charge in [0, 0.05) is 6.20 Å². The summed E-state index contributed by atoms with van der Waals surface area (Å²) < 4.78 is 80.3. The maximum Gasteiger partial charge on any atom is 0.573 e. The van der Waals surface area contributed by atoms with Crippen LogP contribution in [0.15, 0.2) is 47.2 Å². The Labute approximate surface area is 145 Å². The highest BCUT2D eigenvalue weighted by Gasteiger charge is 2.37. The van der Waals surface area contributed by atoms with Gasteiger partial charge in [0.1, 0.15) is 10.4 Å². The molecule has 0 spiro atoms. The normalized spacial score (nSPS) is 12.6. The highest BCUT2D eigenvalue weighted by Crippen LogP contribution is 2.34. The number of halogens is 7. The van der Waals surface area contributed by atoms with Gasteiger partial charge in [0.25, 0.3) is 0 Å². The Morgan fingerprint density at radius 1 is 0.880 bits per heavy atom. The van der Waals surface area contributed by atoms with Crippen LogP contribution in [0.5, 0.6) is 5.75 Å². The molecular weight excluding hydrogens is 418 g/mol. The monoisotopic (exact) mass is 424 g/mol. The van der Waals surface area contributed by atoms with E-state index in [-0.39, 0.29) is 10.1 Å². The SMILES string of the molecule is FC(F)(F)Oc1ccc(-c2ccc3c(Br)nc(C(F)(F)F)n3c2)cc1. The van der Waals surface area contributed by atoms with Crippen LogP contribution >= 0.6 is 15.9 Å². The smallest absolute Gasteiger partial charge is 0.406 e. The van der Waals surface area contributed by atoms with Crippen molar-refractivity contribution >= 4 is 21.4 Å². The number of pyridine rings is 1. The molecule has 0 aliphatic heterocycles. The van der Waals surface area contributed by atoms with E-state index in [1.807, 2.05) is 0 Å². The number of imidazole rings is 1. The third kappa shape index (κ3) is 3.73. The quantitative estimate of drug-likeness (QED) is 0.494. The van der Waals surface area contributed by atoms with Crippen LogP contribution < -0.4 is 4.74 Å². The number of fused-ring (bicyclic) bond motifs is 1. The van der Waals surface area contributed by atoms with E-state index in [0.717, 1.165) is 16.5 Å². The number of benzene rings is 1. The van der Waals surface area contributed by atoms with Crippen molar-refractivity contribution in [1.82, 2.24) is 9.38 Å². The van der Waals surface area contributed by atoms with Gasteiger partial charge in [-0.2, -0.15) is 13.2 Å². The van der Waals surface area contributed by atoms with Crippen LogP contribution in [0.25, 0.3) is 16.6 Å². The molecule has 0 saturated heterocycles. The van der Waals surface area contributed by atoms with Crippen LogP contribution in [0.1, 0.15) is 5.82 Å². The zero-order valence-electron chi connectivity index (χ0n) is 12.0. The Morgan fingerprint density at radius 3 is 2.04 bits per heavy atom. The number of aromatic nitrogens is 2. The van der Waals surface area contributed by atoms with E-state index in [2.05, 4.69) is 25.7 Å². The molecule has 0 aliphatic carbocycles. The zero-order valence-corrected chi connectivity index (χ0v) is 13.6. The van der Waals surface area contributed by atoms with Crippen molar-refractivity contribution in [2.75, 3.05) is 0 Å². The molecule has 0 bridgehead atoms. The summed E-state index contributed by atoms with van der Waals surface area (Å²) >= 11 is 2.97. The molecule has 0 aliphatic rings. The molecule has 1 aromatic carbocycles. The summed E-state index contributed by atoms with van der Waals surface area (Å²) in [6.07, 6.45) is -8.25. The molecular formula is C15H7BrF6N2O. The fourth-order valence-corrected chi connectivity index (χ4v) is 2.76. The second-order valence-corrected chi connectivity index (χ2v) is 5.72. The van der Waals surface area contributed by atoms with Gasteiger partial charge in [-0.05, 0) is 45.3 Å². The van der Waals surface area contributed by atoms with Gasteiger partial charge in [-0.15, -0.1) is 13.2 Å². The minimum atomic E-state index is -4.81. The largest absolute Gasteiger partial charge is 0.573 e. The first-order valence-corrected chi connectivity index (χ1v) is 7.45. The fourth-order valence-electron chi connectivity index (χ4n) is 2.27. The lowest BCUT2D eigenvalue weighted by Crippen LogP contribution is -2.16. The predicted molar refractivity (Wildman–Crippen MR) is 80.0 cm³/mol. The first-order valence-electron chi connectivity index (χ1n) is 6.65. The average molecular weight is 425 g/mol. The van der Waals surface area contributed by atoms with E-state index in [9.17, 15) is 26.3 Å². The molecule has 0 atom stereocenters. The first-order chi connectivity index (χ1) is 11.5. The molecule has 0 N–H and O–H groups in total. The summed E-state index contributed by atoms with van der Waals surface area (Å²) in [5.74, 6) is -1.52. The van der Waals surface area contributed by atoms with Gasteiger partial charge < -0.3 is 4.74 Å². The van der Waals surface area contributed by atoms with Crippen LogP contribution in [-0.2, 0) is 6.18 Å². The maximum absolute atomic E-state index is 13.0. The summed E-state index contributed by atoms with van der Waals surface area (Å²) in [7, 11) is 0. The Hall–Kier alpha value is -2.23. The molecule has 25 heavy (non-hydrogen) atoms. The second-order valence-electron chi connectivity index (χ2n) is 4.97. The molecule has 0 saturated carbocycles. The van der Waals surface area contributed by atoms with Crippen molar-refractivity contribution in [2.45, 2.75) is 12.5 Å². The minimum Gasteiger partial charge on any atom is -0.406 e. The van der Waals surface area contributed by atoms with Gasteiger partial charge in [0.15, 0.2) is 0 Å². The molecule has 3 nitrogen and oxygen atoms in total. The molecule has 0 amide bonds. The Bertz CT molecular complexity index is 915. The summed E-state index contributed by atoms with van der Waals surface area (Å²) in [5, 5.41) is 0. The van der Waals surface area contributed by atoms with Gasteiger partial charge in [-0.3, -0.25) is 4.40 Å². The van der Waals surface area contributed by atoms with E-state index < -0.39 is 24.1 Å². The van der Waals surface area contributed by atoms with E-state index in [0.29, 0.717) is 11.1 Å². The van der Waals surface area contributed by atoms with Crippen molar-refractivity contribution in [3.8, 4) is 16.9 Å². The number of hydrogen-bond acceptors (Lipinski definition) is 2. The van der Waals surface area contributed by atoms with Crippen molar-refractivity contribution < 1.29 is 31.1 Å². The zero-order chi connectivity index (χ0) is 18.4. The number of rotatable bonds is 2. The van der Waals surface area contributed by atoms with Gasteiger partial charge in [-0.25, -0.2) is 4.98 Å². The summed E-state index contributed by atoms with van der Waals surface area (Å²) in [5.41, 5.74) is 1.02. The van der Waals surface area contributed by atoms with Crippen LogP contribution in [0, 0.1) is 0 Å². The summed E-state index contributed by atoms with van der Waals surface area (Å²) in [6, 6.07) is 7.79. The molecule has 3 aromatic rings. The molecule has 3 rings (SSSR count). The number of alkyl halides is 6. The minimum absolute atomic E-state index is 0.0419. The van der Waals surface area contributed by atoms with Crippen molar-refractivity contribution in [1.29, 1.82) is 0 Å². The lowest BCUT2D eigenvalue weighted by molar-refractivity contribution is -0.274. The van der Waals surface area contributed by atoms with Crippen LogP contribution in [0.3, 0.4) is 0 Å². The van der Waals surface area contributed by atoms with Crippen LogP contribution in [-0.4, -0.2) is 15.7 Å². The number of nitrogens with zero attached hydrogens (tertiary/aromatic N) is 2. The average Bonchev–Trinajstić information content (AvgIpc) is 2.83. The molecule has 10 heteroatoms. The molecule has 0 unspecified atom stereocenters. The van der Waals surface area contributed by atoms with E-state index in [4.69, 9.17) is 0 Å². The second kappa shape index (κ2) is 5.94. The van der Waals surface area contributed by atoms with Crippen LogP contribution in [0.2, 0.25) is 0 Å². The van der Waals surface area contributed by atoms with Crippen molar-refractivity contribution in [3.63, 3.8) is 0 Å². The highest BCUT2D eigenvalue weighted by molar-refractivity contribution is 9.10. The first kappa shape index (κ1) is 17.6. The Morgan fingerprint density at radius 2 is 1.48 bits per heavy atom. The van der Waals surface area contributed by atoms with Gasteiger partial charge in [0.05, 0.1) is 5.52 Å². The Balaban J connectivity index is 2.02. The Kier molecular flexibility index (Phi) is 4.18. The lowest BCUT2D eigenvalue weighted by atomic mass is 10.1. The van der Waals surface area contributed by atoms with Crippen LogP contribution in [0.4, 0.5) is 26.3 Å². The number of ether oxygens (including phenoxy) is 1. The van der Waals surface area contributed by atoms with Crippen molar-refractivity contribution in [3.05, 3.63) is 53.0 Å². The summed E-state index contributed by atoms with van der Waals surface area (Å²) in [6.45, 7) is 0. The third-order valence-electron chi connectivity index (χ3n) is 3.27. The molecule has 2 aromatic heterocycles. The number of hydrogen-bond donors (Lipinski definition) is 0. The molecule has 0 fully saturated rings. The predicted octanol–water partition coefficient (Wildman–Crippen LogP) is 5.68. The van der Waals surface area contributed by atoms with E-state index in [1.54, 1.807) is 6.07 Å². The van der Waals surface area contributed by atoms with Gasteiger partial charge >= 0.3 is 12.5 Å². The standard InChI is InChI=1S/C15H7BrF6N2O/c16-12-11-6-3-9(7-24(11)13(23-12)14(17,18)19)8-1-4-10(5-2-8)25-15(20,21)22/h1-7H. The lowest BCUT2D eigenvalue weighted by Gasteiger charge is -2.10. The van der Waals surface area contributed by atoms with E-state index >= 15 is 0 Å². The molecule has 132 valence electrons. The van der Waals surface area contributed by atoms with Gasteiger partial charge in [-0.1, -0.05) is 18.2 Å².